The molecule has 1 heterocycles. The standard InChI is InChI=1S/C11H15IO5/c1-7(12)10(14)15-5-8(13)4-9-6-16-11(2,3)17-9/h9H,1,4-6H2,2-3H3. The molecule has 1 aliphatic rings. The number of esters is 1. The molecule has 0 N–H and O–H groups in total. The summed E-state index contributed by atoms with van der Waals surface area (Å²) in [5.74, 6) is -1.40. The van der Waals surface area contributed by atoms with Gasteiger partial charge in [-0.3, -0.25) is 4.79 Å². The van der Waals surface area contributed by atoms with Gasteiger partial charge in [0.25, 0.3) is 0 Å². The quantitative estimate of drug-likeness (QED) is 0.426. The molecule has 1 saturated heterocycles. The van der Waals surface area contributed by atoms with Gasteiger partial charge in [0.2, 0.25) is 0 Å². The van der Waals surface area contributed by atoms with Crippen molar-refractivity contribution in [3.8, 4) is 0 Å². The van der Waals surface area contributed by atoms with Gasteiger partial charge in [0.1, 0.15) is 6.61 Å². The Hall–Kier alpha value is -0.470. The van der Waals surface area contributed by atoms with Gasteiger partial charge in [0.05, 0.1) is 16.3 Å². The lowest BCUT2D eigenvalue weighted by Crippen LogP contribution is -2.24. The van der Waals surface area contributed by atoms with Crippen LogP contribution in [0.25, 0.3) is 0 Å². The lowest BCUT2D eigenvalue weighted by molar-refractivity contribution is -0.148. The van der Waals surface area contributed by atoms with Gasteiger partial charge in [-0.1, -0.05) is 6.58 Å². The Kier molecular flexibility index (Phi) is 5.08. The van der Waals surface area contributed by atoms with Crippen molar-refractivity contribution in [1.29, 1.82) is 0 Å². The van der Waals surface area contributed by atoms with Gasteiger partial charge in [-0.05, 0) is 36.4 Å². The molecule has 0 aromatic carbocycles. The van der Waals surface area contributed by atoms with E-state index in [0.29, 0.717) is 6.61 Å². The van der Waals surface area contributed by atoms with E-state index in [1.54, 1.807) is 36.4 Å². The molecule has 0 aromatic rings. The van der Waals surface area contributed by atoms with Crippen LogP contribution in [0.4, 0.5) is 0 Å². The Balaban J connectivity index is 2.27. The molecule has 0 radical (unpaired) electrons. The average molecular weight is 354 g/mol. The minimum absolute atomic E-state index is 0.185. The first-order valence-corrected chi connectivity index (χ1v) is 6.23. The molecule has 17 heavy (non-hydrogen) atoms. The van der Waals surface area contributed by atoms with Crippen molar-refractivity contribution in [2.24, 2.45) is 0 Å². The van der Waals surface area contributed by atoms with Crippen LogP contribution in [0.2, 0.25) is 0 Å². The van der Waals surface area contributed by atoms with Gasteiger partial charge in [-0.25, -0.2) is 4.79 Å². The molecule has 6 heteroatoms. The Morgan fingerprint density at radius 2 is 2.18 bits per heavy atom. The Morgan fingerprint density at radius 1 is 1.53 bits per heavy atom. The molecular weight excluding hydrogens is 339 g/mol. The van der Waals surface area contributed by atoms with Crippen molar-refractivity contribution in [2.75, 3.05) is 13.2 Å². The minimum atomic E-state index is -0.641. The van der Waals surface area contributed by atoms with E-state index in [2.05, 4.69) is 6.58 Å². The summed E-state index contributed by atoms with van der Waals surface area (Å²) in [6.45, 7) is 7.12. The maximum atomic E-state index is 11.5. The maximum Gasteiger partial charge on any atom is 0.344 e. The highest BCUT2D eigenvalue weighted by Gasteiger charge is 2.33. The van der Waals surface area contributed by atoms with Gasteiger partial charge in [0, 0.05) is 6.42 Å². The van der Waals surface area contributed by atoms with E-state index in [9.17, 15) is 9.59 Å². The Bertz CT molecular complexity index is 337. The van der Waals surface area contributed by atoms with E-state index >= 15 is 0 Å². The fourth-order valence-electron chi connectivity index (χ4n) is 1.40. The molecule has 0 aromatic heterocycles. The van der Waals surface area contributed by atoms with Crippen LogP contribution in [0.3, 0.4) is 0 Å². The number of hydrogen-bond acceptors (Lipinski definition) is 5. The Labute approximate surface area is 114 Å². The maximum absolute atomic E-state index is 11.5. The second-order valence-corrected chi connectivity index (χ2v) is 5.48. The molecule has 0 bridgehead atoms. The summed E-state index contributed by atoms with van der Waals surface area (Å²) in [4.78, 5) is 22.5. The van der Waals surface area contributed by atoms with Crippen LogP contribution in [0.5, 0.6) is 0 Å². The zero-order chi connectivity index (χ0) is 13.1. The van der Waals surface area contributed by atoms with Gasteiger partial charge in [0.15, 0.2) is 11.6 Å². The van der Waals surface area contributed by atoms with Crippen molar-refractivity contribution in [3.63, 3.8) is 0 Å². The molecule has 1 rings (SSSR count). The van der Waals surface area contributed by atoms with Gasteiger partial charge in [-0.15, -0.1) is 0 Å². The van der Waals surface area contributed by atoms with Crippen molar-refractivity contribution < 1.29 is 23.8 Å². The number of rotatable bonds is 5. The van der Waals surface area contributed by atoms with E-state index in [4.69, 9.17) is 14.2 Å². The highest BCUT2D eigenvalue weighted by Crippen LogP contribution is 2.24. The van der Waals surface area contributed by atoms with Crippen LogP contribution in [0, 0.1) is 0 Å². The van der Waals surface area contributed by atoms with Gasteiger partial charge < -0.3 is 14.2 Å². The topological polar surface area (TPSA) is 61.8 Å². The second kappa shape index (κ2) is 5.92. The third kappa shape index (κ3) is 5.13. The van der Waals surface area contributed by atoms with Crippen LogP contribution in [0.1, 0.15) is 20.3 Å². The van der Waals surface area contributed by atoms with Crippen molar-refractivity contribution in [2.45, 2.75) is 32.2 Å². The molecule has 1 fully saturated rings. The predicted octanol–water partition coefficient (Wildman–Crippen LogP) is 1.59. The monoisotopic (exact) mass is 354 g/mol. The summed E-state index contributed by atoms with van der Waals surface area (Å²) in [5.41, 5.74) is 0. The number of hydrogen-bond donors (Lipinski definition) is 0. The molecule has 5 nitrogen and oxygen atoms in total. The lowest BCUT2D eigenvalue weighted by atomic mass is 10.2. The Morgan fingerprint density at radius 3 is 2.65 bits per heavy atom. The molecule has 1 atom stereocenters. The normalized spacial score (nSPS) is 22.2. The third-order valence-electron chi connectivity index (χ3n) is 2.11. The number of Topliss-reactive ketones (excluding diaryl/α,β-unsaturated/α-hetero) is 1. The van der Waals surface area contributed by atoms with E-state index in [0.717, 1.165) is 0 Å². The summed E-state index contributed by atoms with van der Waals surface area (Å²) >= 11 is 1.74. The first-order valence-electron chi connectivity index (χ1n) is 5.15. The van der Waals surface area contributed by atoms with Crippen molar-refractivity contribution in [3.05, 3.63) is 10.2 Å². The smallest absolute Gasteiger partial charge is 0.344 e. The summed E-state index contributed by atoms with van der Waals surface area (Å²) in [5, 5.41) is 0. The highest BCUT2D eigenvalue weighted by molar-refractivity contribution is 14.1. The molecule has 0 spiro atoms. The molecular formula is C11H15IO5. The largest absolute Gasteiger partial charge is 0.454 e. The van der Waals surface area contributed by atoms with Gasteiger partial charge >= 0.3 is 5.97 Å². The zero-order valence-electron chi connectivity index (χ0n) is 9.82. The molecule has 0 saturated carbocycles. The van der Waals surface area contributed by atoms with Crippen molar-refractivity contribution in [1.82, 2.24) is 0 Å². The first-order chi connectivity index (χ1) is 7.80. The van der Waals surface area contributed by atoms with Gasteiger partial charge in [-0.2, -0.15) is 0 Å². The van der Waals surface area contributed by atoms with Crippen LogP contribution in [0.15, 0.2) is 10.2 Å². The second-order valence-electron chi connectivity index (χ2n) is 4.17. The minimum Gasteiger partial charge on any atom is -0.454 e. The van der Waals surface area contributed by atoms with Crippen LogP contribution >= 0.6 is 22.6 Å². The van der Waals surface area contributed by atoms with E-state index in [1.165, 1.54) is 0 Å². The number of ketones is 1. The number of ether oxygens (including phenoxy) is 3. The third-order valence-corrected chi connectivity index (χ3v) is 2.55. The summed E-state index contributed by atoms with van der Waals surface area (Å²) in [7, 11) is 0. The SMILES string of the molecule is C=C(I)C(=O)OCC(=O)CC1COC(C)(C)O1. The average Bonchev–Trinajstić information content (AvgIpc) is 2.54. The number of carbonyl (C=O) groups excluding carboxylic acids is 2. The van der Waals surface area contributed by atoms with Crippen LogP contribution in [-0.4, -0.2) is 36.9 Å². The lowest BCUT2D eigenvalue weighted by Gasteiger charge is -2.16. The van der Waals surface area contributed by atoms with E-state index < -0.39 is 11.8 Å². The van der Waals surface area contributed by atoms with Crippen LogP contribution in [-0.2, 0) is 23.8 Å². The number of halogens is 1. The molecule has 0 amide bonds. The number of carbonyl (C=O) groups is 2. The summed E-state index contributed by atoms with van der Waals surface area (Å²) in [6.07, 6.45) is -0.0799. The highest BCUT2D eigenvalue weighted by atomic mass is 127. The van der Waals surface area contributed by atoms with E-state index in [1.807, 2.05) is 0 Å². The van der Waals surface area contributed by atoms with Crippen molar-refractivity contribution >= 4 is 34.3 Å². The summed E-state index contributed by atoms with van der Waals surface area (Å²) < 4.78 is 15.8. The molecule has 1 aliphatic heterocycles. The molecule has 0 aliphatic carbocycles. The summed E-state index contributed by atoms with van der Waals surface area (Å²) in [6, 6.07) is 0. The first kappa shape index (κ1) is 14.6. The van der Waals surface area contributed by atoms with E-state index in [-0.39, 0.29) is 28.5 Å². The van der Waals surface area contributed by atoms with Crippen LogP contribution < -0.4 is 0 Å². The zero-order valence-corrected chi connectivity index (χ0v) is 12.0. The fraction of sp³-hybridized carbons (Fsp3) is 0.636. The molecule has 96 valence electrons. The molecule has 1 unspecified atom stereocenters. The fourth-order valence-corrected chi connectivity index (χ4v) is 1.56. The predicted molar refractivity (Wildman–Crippen MR) is 68.6 cm³/mol.